The zero-order valence-corrected chi connectivity index (χ0v) is 16.3. The number of Topliss-reactive ketones (excluding diaryl/α,β-unsaturated/α-hetero) is 1. The fourth-order valence-electron chi connectivity index (χ4n) is 3.32. The van der Waals surface area contributed by atoms with Crippen LogP contribution >= 0.6 is 7.82 Å². The number of rotatable bonds is 11. The maximum Gasteiger partial charge on any atom is 0.469 e. The zero-order valence-electron chi connectivity index (χ0n) is 15.4. The molecule has 1 aromatic rings. The molecule has 0 bridgehead atoms. The monoisotopic (exact) mass is 383 g/mol. The molecule has 6 nitrogen and oxygen atoms in total. The van der Waals surface area contributed by atoms with Crippen molar-refractivity contribution in [1.29, 1.82) is 0 Å². The van der Waals surface area contributed by atoms with E-state index in [-0.39, 0.29) is 18.7 Å². The lowest BCUT2D eigenvalue weighted by Gasteiger charge is -2.12. The fraction of sp³-hybridized carbons (Fsp3) is 0.632. The van der Waals surface area contributed by atoms with Crippen LogP contribution in [-0.2, 0) is 15.5 Å². The summed E-state index contributed by atoms with van der Waals surface area (Å²) in [5, 5.41) is 2.98. The molecule has 1 aromatic carbocycles. The number of carbonyl (C=O) groups excluding carboxylic acids is 1. The summed E-state index contributed by atoms with van der Waals surface area (Å²) in [5.41, 5.74) is 1.85. The van der Waals surface area contributed by atoms with E-state index >= 15 is 0 Å². The summed E-state index contributed by atoms with van der Waals surface area (Å²) >= 11 is 0. The minimum atomic E-state index is -4.52. The Hall–Kier alpha value is -1.04. The van der Waals surface area contributed by atoms with Crippen molar-refractivity contribution in [1.82, 2.24) is 5.32 Å². The molecule has 1 aliphatic heterocycles. The van der Waals surface area contributed by atoms with Gasteiger partial charge in [-0.15, -0.1) is 0 Å². The summed E-state index contributed by atoms with van der Waals surface area (Å²) < 4.78 is 15.6. The fourth-order valence-corrected chi connectivity index (χ4v) is 3.87. The van der Waals surface area contributed by atoms with Crippen LogP contribution < -0.4 is 5.32 Å². The normalized spacial score (nSPS) is 20.4. The van der Waals surface area contributed by atoms with Crippen LogP contribution in [0.4, 0.5) is 0 Å². The van der Waals surface area contributed by atoms with Crippen molar-refractivity contribution < 1.29 is 23.7 Å². The summed E-state index contributed by atoms with van der Waals surface area (Å²) in [7, 11) is -4.52. The predicted molar refractivity (Wildman–Crippen MR) is 101 cm³/mol. The molecule has 146 valence electrons. The van der Waals surface area contributed by atoms with Gasteiger partial charge in [0.1, 0.15) is 0 Å². The molecule has 26 heavy (non-hydrogen) atoms. The van der Waals surface area contributed by atoms with Gasteiger partial charge in [-0.25, -0.2) is 4.57 Å². The number of aryl methyl sites for hydroxylation is 1. The minimum absolute atomic E-state index is 0.0621. The zero-order chi connectivity index (χ0) is 19.0. The number of carbonyl (C=O) groups is 1. The smallest absolute Gasteiger partial charge is 0.304 e. The molecule has 1 aliphatic rings. The van der Waals surface area contributed by atoms with Crippen molar-refractivity contribution in [2.75, 3.05) is 6.54 Å². The van der Waals surface area contributed by atoms with E-state index in [4.69, 9.17) is 9.79 Å². The van der Waals surface area contributed by atoms with Crippen molar-refractivity contribution in [2.45, 2.75) is 70.4 Å². The van der Waals surface area contributed by atoms with Crippen molar-refractivity contribution in [3.63, 3.8) is 0 Å². The first-order valence-electron chi connectivity index (χ1n) is 9.49. The Morgan fingerprint density at radius 1 is 1.15 bits per heavy atom. The Morgan fingerprint density at radius 3 is 2.46 bits per heavy atom. The molecule has 0 spiro atoms. The average molecular weight is 383 g/mol. The van der Waals surface area contributed by atoms with Gasteiger partial charge in [-0.1, -0.05) is 63.3 Å². The summed E-state index contributed by atoms with van der Waals surface area (Å²) in [4.78, 5) is 30.2. The number of hydrogen-bond acceptors (Lipinski definition) is 4. The molecule has 0 amide bonds. The molecule has 1 heterocycles. The highest BCUT2D eigenvalue weighted by Gasteiger charge is 2.34. The van der Waals surface area contributed by atoms with Gasteiger partial charge in [0.05, 0.1) is 12.1 Å². The summed E-state index contributed by atoms with van der Waals surface area (Å²) in [6.45, 7) is 2.48. The third kappa shape index (κ3) is 7.29. The van der Waals surface area contributed by atoms with Gasteiger partial charge in [0.15, 0.2) is 5.78 Å². The third-order valence-electron chi connectivity index (χ3n) is 4.75. The van der Waals surface area contributed by atoms with Crippen LogP contribution in [-0.4, -0.2) is 34.3 Å². The predicted octanol–water partition coefficient (Wildman–Crippen LogP) is 3.61. The lowest BCUT2D eigenvalue weighted by atomic mass is 9.99. The van der Waals surface area contributed by atoms with Gasteiger partial charge in [-0.3, -0.25) is 9.32 Å². The first-order valence-corrected chi connectivity index (χ1v) is 11.0. The van der Waals surface area contributed by atoms with E-state index in [9.17, 15) is 9.36 Å². The van der Waals surface area contributed by atoms with Gasteiger partial charge >= 0.3 is 7.82 Å². The summed E-state index contributed by atoms with van der Waals surface area (Å²) in [5.74, 6) is -0.0621. The van der Waals surface area contributed by atoms with E-state index < -0.39 is 20.0 Å². The molecular formula is C19H30NO5P. The van der Waals surface area contributed by atoms with Gasteiger partial charge in [-0.2, -0.15) is 0 Å². The van der Waals surface area contributed by atoms with Gasteiger partial charge in [0, 0.05) is 12.1 Å². The van der Waals surface area contributed by atoms with Gasteiger partial charge in [-0.05, 0) is 24.8 Å². The van der Waals surface area contributed by atoms with E-state index in [0.717, 1.165) is 6.42 Å². The Kier molecular flexibility index (Phi) is 8.45. The minimum Gasteiger partial charge on any atom is -0.304 e. The first-order chi connectivity index (χ1) is 12.4. The molecule has 0 saturated carbocycles. The highest BCUT2D eigenvalue weighted by molar-refractivity contribution is 7.46. The largest absolute Gasteiger partial charge is 0.469 e. The number of nitrogens with one attached hydrogen (secondary N) is 1. The molecule has 1 saturated heterocycles. The van der Waals surface area contributed by atoms with Gasteiger partial charge in [0.2, 0.25) is 0 Å². The van der Waals surface area contributed by atoms with E-state index in [0.29, 0.717) is 5.56 Å². The lowest BCUT2D eigenvalue weighted by molar-refractivity contribution is 0.0937. The lowest BCUT2D eigenvalue weighted by Crippen LogP contribution is -2.30. The number of benzene rings is 1. The van der Waals surface area contributed by atoms with Crippen LogP contribution in [0.2, 0.25) is 0 Å². The second kappa shape index (κ2) is 10.3. The topological polar surface area (TPSA) is 95.9 Å². The number of phosphoric acid groups is 1. The molecule has 2 rings (SSSR count). The maximum atomic E-state index is 12.5. The number of phosphoric ester groups is 1. The molecule has 0 unspecified atom stereocenters. The molecule has 0 aliphatic carbocycles. The Labute approximate surface area is 155 Å². The first kappa shape index (κ1) is 21.3. The van der Waals surface area contributed by atoms with Gasteiger partial charge < -0.3 is 15.1 Å². The second-order valence-electron chi connectivity index (χ2n) is 6.99. The Bertz CT molecular complexity index is 613. The highest BCUT2D eigenvalue weighted by atomic mass is 31.2. The number of unbranched alkanes of at least 4 members (excludes halogenated alkanes) is 5. The SMILES string of the molecule is CCCCCCCCc1ccc(C(=O)[C@H]2C[C@H](OP(=O)(O)O)CN2)cc1. The van der Waals surface area contributed by atoms with Crippen LogP contribution in [0.1, 0.15) is 67.8 Å². The second-order valence-corrected chi connectivity index (χ2v) is 8.19. The molecule has 7 heteroatoms. The molecule has 3 N–H and O–H groups in total. The summed E-state index contributed by atoms with van der Waals surface area (Å²) in [6.07, 6.45) is 8.24. The van der Waals surface area contributed by atoms with Crippen molar-refractivity contribution in [2.24, 2.45) is 0 Å². The highest BCUT2D eigenvalue weighted by Crippen LogP contribution is 2.39. The van der Waals surface area contributed by atoms with Crippen molar-refractivity contribution in [3.8, 4) is 0 Å². The van der Waals surface area contributed by atoms with E-state index in [1.807, 2.05) is 24.3 Å². The van der Waals surface area contributed by atoms with Gasteiger partial charge in [0.25, 0.3) is 0 Å². The quantitative estimate of drug-likeness (QED) is 0.307. The van der Waals surface area contributed by atoms with Crippen LogP contribution in [0.3, 0.4) is 0 Å². The molecule has 0 radical (unpaired) electrons. The molecule has 2 atom stereocenters. The Balaban J connectivity index is 1.77. The molecule has 0 aromatic heterocycles. The number of ketones is 1. The molecular weight excluding hydrogens is 353 g/mol. The molecule has 1 fully saturated rings. The van der Waals surface area contributed by atoms with E-state index in [2.05, 4.69) is 16.8 Å². The van der Waals surface area contributed by atoms with Crippen molar-refractivity contribution in [3.05, 3.63) is 35.4 Å². The van der Waals surface area contributed by atoms with E-state index in [1.54, 1.807) is 0 Å². The van der Waals surface area contributed by atoms with Crippen molar-refractivity contribution >= 4 is 13.6 Å². The van der Waals surface area contributed by atoms with E-state index in [1.165, 1.54) is 44.1 Å². The Morgan fingerprint density at radius 2 is 1.81 bits per heavy atom. The average Bonchev–Trinajstić information content (AvgIpc) is 3.04. The van der Waals surface area contributed by atoms with Crippen LogP contribution in [0.5, 0.6) is 0 Å². The van der Waals surface area contributed by atoms with Crippen LogP contribution in [0.25, 0.3) is 0 Å². The van der Waals surface area contributed by atoms with Crippen LogP contribution in [0, 0.1) is 0 Å². The maximum absolute atomic E-state index is 12.5. The summed E-state index contributed by atoms with van der Waals surface area (Å²) in [6, 6.07) is 7.22. The van der Waals surface area contributed by atoms with Crippen LogP contribution in [0.15, 0.2) is 24.3 Å². The standard InChI is InChI=1S/C19H30NO5P/c1-2-3-4-5-6-7-8-15-9-11-16(12-10-15)19(21)18-13-17(14-20-18)25-26(22,23)24/h9-12,17-18,20H,2-8,13-14H2,1H3,(H2,22,23,24)/t17-,18+/m0/s1. The number of hydrogen-bond donors (Lipinski definition) is 3. The third-order valence-corrected chi connectivity index (χ3v) is 5.32.